The lowest BCUT2D eigenvalue weighted by atomic mass is 10.0. The van der Waals surface area contributed by atoms with Gasteiger partial charge in [-0.3, -0.25) is 9.69 Å². The van der Waals surface area contributed by atoms with Crippen molar-refractivity contribution in [3.8, 4) is 11.5 Å². The quantitative estimate of drug-likeness (QED) is 0.618. The fraction of sp³-hybridized carbons (Fsp3) is 0.409. The number of carbonyl (C=O) groups excluding carboxylic acids is 1. The number of esters is 1. The Hall–Kier alpha value is -2.53. The summed E-state index contributed by atoms with van der Waals surface area (Å²) in [6.07, 6.45) is 0. The van der Waals surface area contributed by atoms with Gasteiger partial charge < -0.3 is 14.2 Å². The molecule has 0 saturated carbocycles. The summed E-state index contributed by atoms with van der Waals surface area (Å²) in [6.45, 7) is 6.80. The molecule has 146 valence electrons. The van der Waals surface area contributed by atoms with E-state index in [1.54, 1.807) is 14.2 Å². The lowest BCUT2D eigenvalue weighted by molar-refractivity contribution is -0.150. The Balaban J connectivity index is 2.34. The normalized spacial score (nSPS) is 13.1. The molecule has 0 saturated heterocycles. The van der Waals surface area contributed by atoms with Gasteiger partial charge in [0, 0.05) is 12.6 Å². The highest BCUT2D eigenvalue weighted by molar-refractivity contribution is 5.75. The summed E-state index contributed by atoms with van der Waals surface area (Å²) >= 11 is 0. The van der Waals surface area contributed by atoms with Crippen LogP contribution in [0.3, 0.4) is 0 Å². The average molecular weight is 371 g/mol. The van der Waals surface area contributed by atoms with Crippen molar-refractivity contribution in [2.75, 3.05) is 20.8 Å². The van der Waals surface area contributed by atoms with Crippen LogP contribution in [0.1, 0.15) is 37.9 Å². The number of hydrogen-bond donors (Lipinski definition) is 0. The molecule has 0 bridgehead atoms. The molecule has 27 heavy (non-hydrogen) atoms. The van der Waals surface area contributed by atoms with Gasteiger partial charge in [-0.2, -0.15) is 0 Å². The Morgan fingerprint density at radius 3 is 2.26 bits per heavy atom. The Morgan fingerprint density at radius 1 is 1.00 bits per heavy atom. The molecule has 2 aromatic rings. The van der Waals surface area contributed by atoms with Crippen molar-refractivity contribution in [2.45, 2.75) is 39.4 Å². The predicted octanol–water partition coefficient (Wildman–Crippen LogP) is 4.22. The van der Waals surface area contributed by atoms with Crippen molar-refractivity contribution < 1.29 is 19.0 Å². The zero-order valence-electron chi connectivity index (χ0n) is 16.8. The van der Waals surface area contributed by atoms with E-state index >= 15 is 0 Å². The van der Waals surface area contributed by atoms with Gasteiger partial charge >= 0.3 is 5.97 Å². The first kappa shape index (κ1) is 20.8. The summed E-state index contributed by atoms with van der Waals surface area (Å²) in [5.41, 5.74) is 2.18. The van der Waals surface area contributed by atoms with E-state index in [1.165, 1.54) is 0 Å². The smallest absolute Gasteiger partial charge is 0.323 e. The van der Waals surface area contributed by atoms with Gasteiger partial charge in [0.2, 0.25) is 0 Å². The first-order valence-electron chi connectivity index (χ1n) is 9.20. The van der Waals surface area contributed by atoms with E-state index in [-0.39, 0.29) is 18.1 Å². The fourth-order valence-electron chi connectivity index (χ4n) is 3.11. The summed E-state index contributed by atoms with van der Waals surface area (Å²) in [5, 5.41) is 0. The van der Waals surface area contributed by atoms with E-state index in [0.717, 1.165) is 11.1 Å². The second-order valence-electron chi connectivity index (χ2n) is 6.38. The number of benzene rings is 2. The number of ether oxygens (including phenoxy) is 3. The van der Waals surface area contributed by atoms with E-state index in [0.29, 0.717) is 24.7 Å². The minimum Gasteiger partial charge on any atom is -0.493 e. The molecule has 2 rings (SSSR count). The summed E-state index contributed by atoms with van der Waals surface area (Å²) in [6, 6.07) is 15.6. The van der Waals surface area contributed by atoms with Crippen molar-refractivity contribution in [1.82, 2.24) is 4.90 Å². The number of rotatable bonds is 9. The molecule has 0 aromatic heterocycles. The van der Waals surface area contributed by atoms with Crippen LogP contribution in [0.5, 0.6) is 11.5 Å². The van der Waals surface area contributed by atoms with Gasteiger partial charge in [0.25, 0.3) is 0 Å². The van der Waals surface area contributed by atoms with Crippen molar-refractivity contribution in [3.63, 3.8) is 0 Å². The third kappa shape index (κ3) is 5.23. The summed E-state index contributed by atoms with van der Waals surface area (Å²) in [5.74, 6) is 1.13. The monoisotopic (exact) mass is 371 g/mol. The van der Waals surface area contributed by atoms with Gasteiger partial charge in [-0.25, -0.2) is 0 Å². The number of carbonyl (C=O) groups is 1. The second kappa shape index (κ2) is 9.97. The molecule has 0 amide bonds. The van der Waals surface area contributed by atoms with Crippen LogP contribution >= 0.6 is 0 Å². The first-order chi connectivity index (χ1) is 13.0. The van der Waals surface area contributed by atoms with Crippen LogP contribution in [-0.4, -0.2) is 37.7 Å². The van der Waals surface area contributed by atoms with Crippen molar-refractivity contribution in [3.05, 3.63) is 59.7 Å². The Morgan fingerprint density at radius 2 is 1.67 bits per heavy atom. The predicted molar refractivity (Wildman–Crippen MR) is 106 cm³/mol. The maximum Gasteiger partial charge on any atom is 0.323 e. The number of nitrogens with zero attached hydrogens (tertiary/aromatic N) is 1. The molecular formula is C22H29NO4. The fourth-order valence-corrected chi connectivity index (χ4v) is 3.11. The van der Waals surface area contributed by atoms with E-state index in [2.05, 4.69) is 24.0 Å². The molecule has 2 unspecified atom stereocenters. The van der Waals surface area contributed by atoms with Crippen molar-refractivity contribution in [1.29, 1.82) is 0 Å². The number of methoxy groups -OCH3 is 2. The summed E-state index contributed by atoms with van der Waals surface area (Å²) < 4.78 is 16.0. The van der Waals surface area contributed by atoms with Gasteiger partial charge in [-0.05, 0) is 44.0 Å². The van der Waals surface area contributed by atoms with Gasteiger partial charge in [-0.15, -0.1) is 0 Å². The molecule has 0 spiro atoms. The molecule has 5 nitrogen and oxygen atoms in total. The van der Waals surface area contributed by atoms with E-state index < -0.39 is 0 Å². The lowest BCUT2D eigenvalue weighted by Gasteiger charge is -2.34. The highest BCUT2D eigenvalue weighted by Gasteiger charge is 2.28. The third-order valence-electron chi connectivity index (χ3n) is 4.72. The van der Waals surface area contributed by atoms with Gasteiger partial charge in [-0.1, -0.05) is 36.4 Å². The maximum absolute atomic E-state index is 12.4. The maximum atomic E-state index is 12.4. The standard InChI is InChI=1S/C22H29NO4/c1-6-27-22(24)17(3)23(15-18-10-8-7-9-11-18)16(2)19-12-13-20(25-4)21(14-19)26-5/h7-14,16-17H,6,15H2,1-5H3. The molecule has 0 fully saturated rings. The van der Waals surface area contributed by atoms with Crippen LogP contribution in [0.2, 0.25) is 0 Å². The van der Waals surface area contributed by atoms with Crippen LogP contribution in [0.25, 0.3) is 0 Å². The highest BCUT2D eigenvalue weighted by atomic mass is 16.5. The Bertz CT molecular complexity index is 732. The first-order valence-corrected chi connectivity index (χ1v) is 9.20. The molecule has 0 N–H and O–H groups in total. The van der Waals surface area contributed by atoms with Crippen LogP contribution in [0, 0.1) is 0 Å². The molecular weight excluding hydrogens is 342 g/mol. The van der Waals surface area contributed by atoms with Crippen molar-refractivity contribution >= 4 is 5.97 Å². The molecule has 0 aliphatic rings. The molecule has 0 heterocycles. The summed E-state index contributed by atoms with van der Waals surface area (Å²) in [4.78, 5) is 14.6. The molecule has 0 aliphatic carbocycles. The van der Waals surface area contributed by atoms with Crippen LogP contribution in [-0.2, 0) is 16.1 Å². The highest BCUT2D eigenvalue weighted by Crippen LogP contribution is 2.33. The zero-order chi connectivity index (χ0) is 19.8. The average Bonchev–Trinajstić information content (AvgIpc) is 2.71. The van der Waals surface area contributed by atoms with E-state index in [4.69, 9.17) is 14.2 Å². The third-order valence-corrected chi connectivity index (χ3v) is 4.72. The molecule has 0 aliphatic heterocycles. The van der Waals surface area contributed by atoms with E-state index in [1.807, 2.05) is 50.2 Å². The minimum absolute atomic E-state index is 0.0237. The van der Waals surface area contributed by atoms with Crippen LogP contribution < -0.4 is 9.47 Å². The molecule has 5 heteroatoms. The molecule has 2 aromatic carbocycles. The van der Waals surface area contributed by atoms with Gasteiger partial charge in [0.1, 0.15) is 6.04 Å². The SMILES string of the molecule is CCOC(=O)C(C)N(Cc1ccccc1)C(C)c1ccc(OC)c(OC)c1. The molecule has 2 atom stereocenters. The van der Waals surface area contributed by atoms with Crippen molar-refractivity contribution in [2.24, 2.45) is 0 Å². The minimum atomic E-state index is -0.381. The number of hydrogen-bond acceptors (Lipinski definition) is 5. The Labute approximate surface area is 161 Å². The second-order valence-corrected chi connectivity index (χ2v) is 6.38. The van der Waals surface area contributed by atoms with Crippen LogP contribution in [0.15, 0.2) is 48.5 Å². The summed E-state index contributed by atoms with van der Waals surface area (Å²) in [7, 11) is 3.24. The van der Waals surface area contributed by atoms with E-state index in [9.17, 15) is 4.79 Å². The topological polar surface area (TPSA) is 48.0 Å². The zero-order valence-corrected chi connectivity index (χ0v) is 16.8. The van der Waals surface area contributed by atoms with Gasteiger partial charge in [0.05, 0.1) is 20.8 Å². The van der Waals surface area contributed by atoms with Gasteiger partial charge in [0.15, 0.2) is 11.5 Å². The largest absolute Gasteiger partial charge is 0.493 e. The lowest BCUT2D eigenvalue weighted by Crippen LogP contribution is -2.41. The Kier molecular flexibility index (Phi) is 7.67. The van der Waals surface area contributed by atoms with Crippen LogP contribution in [0.4, 0.5) is 0 Å². The molecule has 0 radical (unpaired) electrons.